The van der Waals surface area contributed by atoms with Gasteiger partial charge in [0, 0.05) is 13.2 Å². The van der Waals surface area contributed by atoms with Crippen molar-refractivity contribution in [1.29, 1.82) is 0 Å². The lowest BCUT2D eigenvalue weighted by atomic mass is 10.2. The Morgan fingerprint density at radius 1 is 1.56 bits per heavy atom. The molecule has 0 saturated heterocycles. The van der Waals surface area contributed by atoms with Gasteiger partial charge in [0.2, 0.25) is 0 Å². The number of carbonyl (C=O) groups excluding carboxylic acids is 1. The van der Waals surface area contributed by atoms with Gasteiger partial charge in [0.25, 0.3) is 0 Å². The van der Waals surface area contributed by atoms with Gasteiger partial charge in [0.15, 0.2) is 0 Å². The Labute approximate surface area is 106 Å². The molecule has 1 fully saturated rings. The van der Waals surface area contributed by atoms with E-state index >= 15 is 0 Å². The highest BCUT2D eigenvalue weighted by atomic mass is 16.5. The molecule has 3 N–H and O–H groups in total. The van der Waals surface area contributed by atoms with Crippen LogP contribution in [0.15, 0.2) is 12.7 Å². The molecule has 6 nitrogen and oxygen atoms in total. The Bertz CT molecular complexity index is 319. The van der Waals surface area contributed by atoms with Gasteiger partial charge in [-0.3, -0.25) is 0 Å². The quantitative estimate of drug-likeness (QED) is 0.616. The van der Waals surface area contributed by atoms with Crippen molar-refractivity contribution in [3.8, 4) is 0 Å². The number of carboxylic acids is 1. The van der Waals surface area contributed by atoms with Crippen LogP contribution in [0.1, 0.15) is 25.7 Å². The number of amides is 2. The van der Waals surface area contributed by atoms with Gasteiger partial charge < -0.3 is 20.5 Å². The van der Waals surface area contributed by atoms with Gasteiger partial charge in [-0.15, -0.1) is 6.58 Å². The molecule has 3 atom stereocenters. The van der Waals surface area contributed by atoms with Crippen molar-refractivity contribution < 1.29 is 19.4 Å². The third kappa shape index (κ3) is 4.37. The second-order valence-electron chi connectivity index (χ2n) is 4.40. The highest BCUT2D eigenvalue weighted by Gasteiger charge is 2.26. The molecule has 18 heavy (non-hydrogen) atoms. The first-order valence-corrected chi connectivity index (χ1v) is 6.00. The maximum atomic E-state index is 11.6. The van der Waals surface area contributed by atoms with Crippen molar-refractivity contribution in [2.75, 3.05) is 7.11 Å². The molecule has 0 radical (unpaired) electrons. The lowest BCUT2D eigenvalue weighted by Gasteiger charge is -2.17. The molecule has 0 heterocycles. The van der Waals surface area contributed by atoms with Crippen LogP contribution in [0, 0.1) is 0 Å². The topological polar surface area (TPSA) is 87.7 Å². The Morgan fingerprint density at radius 3 is 2.78 bits per heavy atom. The van der Waals surface area contributed by atoms with Gasteiger partial charge in [-0.25, -0.2) is 9.59 Å². The lowest BCUT2D eigenvalue weighted by Crippen LogP contribution is -2.48. The van der Waals surface area contributed by atoms with E-state index < -0.39 is 18.0 Å². The molecule has 3 unspecified atom stereocenters. The van der Waals surface area contributed by atoms with E-state index in [1.54, 1.807) is 7.11 Å². The number of aliphatic carboxylic acids is 1. The summed E-state index contributed by atoms with van der Waals surface area (Å²) < 4.78 is 5.20. The van der Waals surface area contributed by atoms with E-state index in [-0.39, 0.29) is 18.6 Å². The zero-order chi connectivity index (χ0) is 13.5. The fourth-order valence-electron chi connectivity index (χ4n) is 2.06. The summed E-state index contributed by atoms with van der Waals surface area (Å²) in [5.41, 5.74) is 0. The maximum absolute atomic E-state index is 11.6. The second-order valence-corrected chi connectivity index (χ2v) is 4.40. The summed E-state index contributed by atoms with van der Waals surface area (Å²) in [5.74, 6) is -1.06. The van der Waals surface area contributed by atoms with Crippen LogP contribution >= 0.6 is 0 Å². The highest BCUT2D eigenvalue weighted by molar-refractivity contribution is 5.82. The van der Waals surface area contributed by atoms with Crippen molar-refractivity contribution in [2.45, 2.75) is 43.9 Å². The lowest BCUT2D eigenvalue weighted by molar-refractivity contribution is -0.139. The number of rotatable bonds is 6. The van der Waals surface area contributed by atoms with Gasteiger partial charge in [-0.05, 0) is 25.7 Å². The largest absolute Gasteiger partial charge is 0.480 e. The average molecular weight is 256 g/mol. The minimum Gasteiger partial charge on any atom is -0.480 e. The van der Waals surface area contributed by atoms with Crippen LogP contribution in [-0.2, 0) is 9.53 Å². The van der Waals surface area contributed by atoms with Gasteiger partial charge in [-0.1, -0.05) is 6.08 Å². The second kappa shape index (κ2) is 7.00. The first-order valence-electron chi connectivity index (χ1n) is 6.00. The number of hydrogen-bond donors (Lipinski definition) is 3. The summed E-state index contributed by atoms with van der Waals surface area (Å²) in [6.07, 6.45) is 4.38. The molecular formula is C12H20N2O4. The Kier molecular flexibility index (Phi) is 5.64. The van der Waals surface area contributed by atoms with Gasteiger partial charge in [-0.2, -0.15) is 0 Å². The summed E-state index contributed by atoms with van der Waals surface area (Å²) in [5, 5.41) is 14.1. The molecule has 0 aromatic rings. The van der Waals surface area contributed by atoms with E-state index in [0.29, 0.717) is 0 Å². The van der Waals surface area contributed by atoms with E-state index in [1.807, 2.05) is 0 Å². The molecular weight excluding hydrogens is 236 g/mol. The monoisotopic (exact) mass is 256 g/mol. The third-order valence-electron chi connectivity index (χ3n) is 3.06. The number of methoxy groups -OCH3 is 1. The fourth-order valence-corrected chi connectivity index (χ4v) is 2.06. The fraction of sp³-hybridized carbons (Fsp3) is 0.667. The van der Waals surface area contributed by atoms with Crippen LogP contribution < -0.4 is 10.6 Å². The number of carboxylic acid groups (broad SMARTS) is 1. The molecule has 0 aromatic carbocycles. The van der Waals surface area contributed by atoms with Gasteiger partial charge in [0.1, 0.15) is 6.04 Å². The SMILES string of the molecule is C=CCC(NC(=O)NC1CCC(OC)C1)C(=O)O. The molecule has 0 aromatic heterocycles. The molecule has 6 heteroatoms. The number of carbonyl (C=O) groups is 2. The minimum atomic E-state index is -1.06. The predicted molar refractivity (Wildman–Crippen MR) is 66.3 cm³/mol. The van der Waals surface area contributed by atoms with Crippen LogP contribution in [-0.4, -0.2) is 42.4 Å². The van der Waals surface area contributed by atoms with Crippen molar-refractivity contribution in [3.05, 3.63) is 12.7 Å². The number of nitrogens with one attached hydrogen (secondary N) is 2. The summed E-state index contributed by atoms with van der Waals surface area (Å²) in [6, 6.07) is -1.33. The summed E-state index contributed by atoms with van der Waals surface area (Å²) in [4.78, 5) is 22.5. The Balaban J connectivity index is 2.36. The summed E-state index contributed by atoms with van der Waals surface area (Å²) in [7, 11) is 1.65. The van der Waals surface area contributed by atoms with Gasteiger partial charge in [0.05, 0.1) is 6.10 Å². The predicted octanol–water partition coefficient (Wildman–Crippen LogP) is 0.882. The van der Waals surface area contributed by atoms with Crippen molar-refractivity contribution >= 4 is 12.0 Å². The zero-order valence-corrected chi connectivity index (χ0v) is 10.5. The van der Waals surface area contributed by atoms with Crippen LogP contribution in [0.5, 0.6) is 0 Å². The number of hydrogen-bond acceptors (Lipinski definition) is 3. The van der Waals surface area contributed by atoms with Crippen LogP contribution in [0.25, 0.3) is 0 Å². The van der Waals surface area contributed by atoms with E-state index in [4.69, 9.17) is 9.84 Å². The van der Waals surface area contributed by atoms with E-state index in [2.05, 4.69) is 17.2 Å². The summed E-state index contributed by atoms with van der Waals surface area (Å²) >= 11 is 0. The smallest absolute Gasteiger partial charge is 0.326 e. The minimum absolute atomic E-state index is 0.0492. The molecule has 0 aliphatic heterocycles. The Hall–Kier alpha value is -1.56. The molecule has 1 aliphatic rings. The van der Waals surface area contributed by atoms with Crippen molar-refractivity contribution in [3.63, 3.8) is 0 Å². The first-order chi connectivity index (χ1) is 8.56. The van der Waals surface area contributed by atoms with Crippen LogP contribution in [0.4, 0.5) is 4.79 Å². The number of urea groups is 1. The molecule has 1 saturated carbocycles. The zero-order valence-electron chi connectivity index (χ0n) is 10.5. The molecule has 1 rings (SSSR count). The normalized spacial score (nSPS) is 24.3. The van der Waals surface area contributed by atoms with E-state index in [0.717, 1.165) is 19.3 Å². The Morgan fingerprint density at radius 2 is 2.28 bits per heavy atom. The third-order valence-corrected chi connectivity index (χ3v) is 3.06. The van der Waals surface area contributed by atoms with E-state index in [1.165, 1.54) is 6.08 Å². The maximum Gasteiger partial charge on any atom is 0.326 e. The van der Waals surface area contributed by atoms with Crippen LogP contribution in [0.3, 0.4) is 0 Å². The van der Waals surface area contributed by atoms with E-state index in [9.17, 15) is 9.59 Å². The highest BCUT2D eigenvalue weighted by Crippen LogP contribution is 2.21. The van der Waals surface area contributed by atoms with Crippen LogP contribution in [0.2, 0.25) is 0 Å². The molecule has 2 amide bonds. The van der Waals surface area contributed by atoms with Crippen molar-refractivity contribution in [2.24, 2.45) is 0 Å². The molecule has 0 bridgehead atoms. The standard InChI is InChI=1S/C12H20N2O4/c1-3-4-10(11(15)16)14-12(17)13-8-5-6-9(7-8)18-2/h3,8-10H,1,4-7H2,2H3,(H,15,16)(H2,13,14,17). The average Bonchev–Trinajstić information content (AvgIpc) is 2.76. The van der Waals surface area contributed by atoms with Gasteiger partial charge >= 0.3 is 12.0 Å². The molecule has 102 valence electrons. The molecule has 1 aliphatic carbocycles. The molecule has 0 spiro atoms. The van der Waals surface area contributed by atoms with Crippen molar-refractivity contribution in [1.82, 2.24) is 10.6 Å². The first kappa shape index (κ1) is 14.5. The number of ether oxygens (including phenoxy) is 1. The summed E-state index contributed by atoms with van der Waals surface area (Å²) in [6.45, 7) is 3.46.